The number of aryl methyl sites for hydroxylation is 1. The van der Waals surface area contributed by atoms with E-state index in [-0.39, 0.29) is 18.6 Å². The normalized spacial score (nSPS) is 23.6. The maximum atomic E-state index is 12.8. The van der Waals surface area contributed by atoms with Crippen molar-refractivity contribution in [3.05, 3.63) is 35.4 Å². The number of hydrogen-bond acceptors (Lipinski definition) is 1. The molecule has 1 aliphatic rings. The summed E-state index contributed by atoms with van der Waals surface area (Å²) in [5.74, 6) is -1.94. The van der Waals surface area contributed by atoms with Crippen LogP contribution < -0.4 is 0 Å². The van der Waals surface area contributed by atoms with Crippen LogP contribution in [0.15, 0.2) is 24.3 Å². The Balaban J connectivity index is 2.08. The molecule has 1 saturated carbocycles. The summed E-state index contributed by atoms with van der Waals surface area (Å²) in [7, 11) is 0. The van der Waals surface area contributed by atoms with Gasteiger partial charge in [0, 0.05) is 11.5 Å². The smallest absolute Gasteiger partial charge is 0.294 e. The number of benzene rings is 1. The molecule has 0 radical (unpaired) electrons. The van der Waals surface area contributed by atoms with Crippen molar-refractivity contribution >= 4 is 5.78 Å². The molecular weight excluding hydrogens is 265 g/mol. The van der Waals surface area contributed by atoms with Crippen LogP contribution in [0.1, 0.15) is 48.5 Å². The van der Waals surface area contributed by atoms with Crippen LogP contribution >= 0.6 is 0 Å². The minimum absolute atomic E-state index is 0.0577. The second-order valence-corrected chi connectivity index (χ2v) is 5.52. The van der Waals surface area contributed by atoms with Gasteiger partial charge in [0.1, 0.15) is 0 Å². The van der Waals surface area contributed by atoms with Crippen molar-refractivity contribution in [3.63, 3.8) is 0 Å². The first-order chi connectivity index (χ1) is 9.41. The van der Waals surface area contributed by atoms with Gasteiger partial charge in [0.05, 0.1) is 5.92 Å². The highest BCUT2D eigenvalue weighted by Crippen LogP contribution is 2.40. The molecule has 20 heavy (non-hydrogen) atoms. The van der Waals surface area contributed by atoms with Gasteiger partial charge >= 0.3 is 6.18 Å². The van der Waals surface area contributed by atoms with Crippen molar-refractivity contribution < 1.29 is 18.0 Å². The Labute approximate surface area is 117 Å². The second kappa shape index (κ2) is 5.98. The molecule has 110 valence electrons. The first kappa shape index (κ1) is 15.1. The van der Waals surface area contributed by atoms with Gasteiger partial charge in [0.15, 0.2) is 5.78 Å². The van der Waals surface area contributed by atoms with Gasteiger partial charge in [-0.15, -0.1) is 0 Å². The highest BCUT2D eigenvalue weighted by Gasteiger charge is 2.43. The van der Waals surface area contributed by atoms with Crippen LogP contribution in [0.3, 0.4) is 0 Å². The largest absolute Gasteiger partial charge is 0.391 e. The van der Waals surface area contributed by atoms with Gasteiger partial charge in [0.25, 0.3) is 0 Å². The van der Waals surface area contributed by atoms with Crippen LogP contribution in [-0.2, 0) is 6.42 Å². The molecule has 1 nitrogen and oxygen atoms in total. The monoisotopic (exact) mass is 284 g/mol. The third-order valence-corrected chi connectivity index (χ3v) is 4.15. The minimum Gasteiger partial charge on any atom is -0.294 e. The molecule has 0 heterocycles. The van der Waals surface area contributed by atoms with E-state index in [2.05, 4.69) is 0 Å². The Hall–Kier alpha value is -1.32. The lowest BCUT2D eigenvalue weighted by atomic mass is 9.77. The van der Waals surface area contributed by atoms with E-state index < -0.39 is 18.0 Å². The highest BCUT2D eigenvalue weighted by molar-refractivity contribution is 5.97. The molecule has 0 amide bonds. The minimum atomic E-state index is -4.18. The summed E-state index contributed by atoms with van der Waals surface area (Å²) in [6.45, 7) is 2.02. The summed E-state index contributed by atoms with van der Waals surface area (Å²) >= 11 is 0. The number of alkyl halides is 3. The quantitative estimate of drug-likeness (QED) is 0.729. The lowest BCUT2D eigenvalue weighted by Gasteiger charge is -2.29. The van der Waals surface area contributed by atoms with Crippen LogP contribution in [0.2, 0.25) is 0 Å². The summed E-state index contributed by atoms with van der Waals surface area (Å²) in [4.78, 5) is 12.3. The van der Waals surface area contributed by atoms with E-state index in [0.29, 0.717) is 18.4 Å². The Kier molecular flexibility index (Phi) is 4.51. The van der Waals surface area contributed by atoms with Crippen LogP contribution in [0.5, 0.6) is 0 Å². The van der Waals surface area contributed by atoms with E-state index in [1.165, 1.54) is 0 Å². The third kappa shape index (κ3) is 3.41. The topological polar surface area (TPSA) is 17.1 Å². The van der Waals surface area contributed by atoms with Gasteiger partial charge < -0.3 is 0 Å². The molecule has 2 rings (SSSR count). The van der Waals surface area contributed by atoms with Gasteiger partial charge in [0.2, 0.25) is 0 Å². The van der Waals surface area contributed by atoms with Crippen molar-refractivity contribution in [2.24, 2.45) is 11.8 Å². The lowest BCUT2D eigenvalue weighted by molar-refractivity contribution is -0.184. The van der Waals surface area contributed by atoms with E-state index in [4.69, 9.17) is 0 Å². The van der Waals surface area contributed by atoms with Gasteiger partial charge in [-0.2, -0.15) is 13.2 Å². The molecule has 1 aliphatic carbocycles. The molecule has 0 bridgehead atoms. The van der Waals surface area contributed by atoms with Crippen molar-refractivity contribution in [1.29, 1.82) is 0 Å². The fourth-order valence-corrected chi connectivity index (χ4v) is 2.87. The standard InChI is InChI=1S/C16H19F3O/c1-2-11-6-8-12(9-7-11)15(20)13-4-3-5-14(10-13)16(17,18)19/h6-9,13-14H,2-5,10H2,1H3. The van der Waals surface area contributed by atoms with Crippen LogP contribution in [0.4, 0.5) is 13.2 Å². The maximum absolute atomic E-state index is 12.8. The number of rotatable bonds is 3. The zero-order chi connectivity index (χ0) is 14.8. The molecule has 4 heteroatoms. The van der Waals surface area contributed by atoms with Crippen LogP contribution in [0.25, 0.3) is 0 Å². The van der Waals surface area contributed by atoms with Gasteiger partial charge in [-0.3, -0.25) is 4.79 Å². The average Bonchev–Trinajstić information content (AvgIpc) is 2.46. The first-order valence-corrected chi connectivity index (χ1v) is 7.11. The van der Waals surface area contributed by atoms with Gasteiger partial charge in [-0.25, -0.2) is 0 Å². The predicted molar refractivity (Wildman–Crippen MR) is 71.7 cm³/mol. The van der Waals surface area contributed by atoms with E-state index >= 15 is 0 Å². The summed E-state index contributed by atoms with van der Waals surface area (Å²) in [5.41, 5.74) is 1.66. The summed E-state index contributed by atoms with van der Waals surface area (Å²) < 4.78 is 38.3. The highest BCUT2D eigenvalue weighted by atomic mass is 19.4. The average molecular weight is 284 g/mol. The van der Waals surface area contributed by atoms with E-state index in [0.717, 1.165) is 12.0 Å². The Morgan fingerprint density at radius 3 is 2.40 bits per heavy atom. The SMILES string of the molecule is CCc1ccc(C(=O)C2CCCC(C(F)(F)F)C2)cc1. The van der Waals surface area contributed by atoms with E-state index in [1.54, 1.807) is 12.1 Å². The number of ketones is 1. The molecule has 0 spiro atoms. The van der Waals surface area contributed by atoms with Crippen molar-refractivity contribution in [2.75, 3.05) is 0 Å². The number of Topliss-reactive ketones (excluding diaryl/α,β-unsaturated/α-hetero) is 1. The molecular formula is C16H19F3O. The summed E-state index contributed by atoms with van der Waals surface area (Å²) in [6, 6.07) is 7.21. The molecule has 0 saturated heterocycles. The zero-order valence-electron chi connectivity index (χ0n) is 11.5. The molecule has 0 aromatic heterocycles. The van der Waals surface area contributed by atoms with E-state index in [1.807, 2.05) is 19.1 Å². The third-order valence-electron chi connectivity index (χ3n) is 4.15. The summed E-state index contributed by atoms with van der Waals surface area (Å²) in [6.07, 6.45) is -2.15. The van der Waals surface area contributed by atoms with Gasteiger partial charge in [-0.1, -0.05) is 37.6 Å². The Bertz CT molecular complexity index is 462. The molecule has 0 N–H and O–H groups in total. The molecule has 1 fully saturated rings. The molecule has 2 unspecified atom stereocenters. The Morgan fingerprint density at radius 2 is 1.85 bits per heavy atom. The number of carbonyl (C=O) groups excluding carboxylic acids is 1. The maximum Gasteiger partial charge on any atom is 0.391 e. The number of carbonyl (C=O) groups is 1. The molecule has 0 aliphatic heterocycles. The lowest BCUT2D eigenvalue weighted by Crippen LogP contribution is -2.31. The van der Waals surface area contributed by atoms with Crippen molar-refractivity contribution in [1.82, 2.24) is 0 Å². The molecule has 1 aromatic rings. The fraction of sp³-hybridized carbons (Fsp3) is 0.562. The van der Waals surface area contributed by atoms with Crippen LogP contribution in [-0.4, -0.2) is 12.0 Å². The van der Waals surface area contributed by atoms with E-state index in [9.17, 15) is 18.0 Å². The Morgan fingerprint density at radius 1 is 1.20 bits per heavy atom. The predicted octanol–water partition coefficient (Wildman–Crippen LogP) is 4.80. The number of hydrogen-bond donors (Lipinski definition) is 0. The van der Waals surface area contributed by atoms with Crippen molar-refractivity contribution in [3.8, 4) is 0 Å². The molecule has 1 aromatic carbocycles. The second-order valence-electron chi connectivity index (χ2n) is 5.52. The van der Waals surface area contributed by atoms with Gasteiger partial charge in [-0.05, 0) is 31.2 Å². The fourth-order valence-electron chi connectivity index (χ4n) is 2.87. The molecule has 2 atom stereocenters. The summed E-state index contributed by atoms with van der Waals surface area (Å²) in [5, 5.41) is 0. The van der Waals surface area contributed by atoms with Crippen LogP contribution in [0, 0.1) is 11.8 Å². The zero-order valence-corrected chi connectivity index (χ0v) is 11.5. The number of halogens is 3. The first-order valence-electron chi connectivity index (χ1n) is 7.11. The van der Waals surface area contributed by atoms with Crippen molar-refractivity contribution in [2.45, 2.75) is 45.2 Å².